The first kappa shape index (κ1) is 21.0. The largest absolute Gasteiger partial charge is 0.379 e. The van der Waals surface area contributed by atoms with Crippen LogP contribution in [0.5, 0.6) is 0 Å². The number of rotatable bonds is 11. The summed E-state index contributed by atoms with van der Waals surface area (Å²) in [6, 6.07) is 4.52. The van der Waals surface area contributed by atoms with Gasteiger partial charge in [-0.1, -0.05) is 0 Å². The van der Waals surface area contributed by atoms with Crippen molar-refractivity contribution in [3.8, 4) is 0 Å². The van der Waals surface area contributed by atoms with Crippen molar-refractivity contribution < 1.29 is 22.9 Å². The average molecular weight is 373 g/mol. The van der Waals surface area contributed by atoms with Crippen LogP contribution in [0.3, 0.4) is 0 Å². The summed E-state index contributed by atoms with van der Waals surface area (Å²) in [6.45, 7) is 4.80. The van der Waals surface area contributed by atoms with Crippen LogP contribution < -0.4 is 10.0 Å². The van der Waals surface area contributed by atoms with E-state index in [1.165, 1.54) is 0 Å². The highest BCUT2D eigenvalue weighted by molar-refractivity contribution is 7.89. The predicted molar refractivity (Wildman–Crippen MR) is 91.6 cm³/mol. The Bertz CT molecular complexity index is 673. The van der Waals surface area contributed by atoms with Crippen LogP contribution in [0.15, 0.2) is 29.2 Å². The molecule has 1 amide bonds. The highest BCUT2D eigenvalue weighted by Crippen LogP contribution is 2.15. The van der Waals surface area contributed by atoms with Gasteiger partial charge in [-0.05, 0) is 32.4 Å². The zero-order chi connectivity index (χ0) is 18.9. The normalized spacial score (nSPS) is 11.5. The van der Waals surface area contributed by atoms with Gasteiger partial charge < -0.3 is 10.1 Å². The van der Waals surface area contributed by atoms with Crippen LogP contribution >= 0.6 is 0 Å². The van der Waals surface area contributed by atoms with Crippen LogP contribution in [0.4, 0.5) is 5.69 Å². The Balaban J connectivity index is 2.34. The molecule has 140 valence electrons. The molecule has 1 rings (SSSR count). The number of nitrogens with one attached hydrogen (secondary N) is 2. The molecule has 2 N–H and O–H groups in total. The molecule has 0 radical (unpaired) electrons. The minimum absolute atomic E-state index is 0.00273. The maximum absolute atomic E-state index is 12.0. The fourth-order valence-corrected chi connectivity index (χ4v) is 2.87. The number of sulfonamides is 1. The second-order valence-corrected chi connectivity index (χ2v) is 7.29. The van der Waals surface area contributed by atoms with E-state index in [1.807, 2.05) is 13.8 Å². The van der Waals surface area contributed by atoms with Crippen LogP contribution in [0.2, 0.25) is 0 Å². The molecule has 0 spiro atoms. The fraction of sp³-hybridized carbons (Fsp3) is 0.533. The first-order valence-electron chi connectivity index (χ1n) is 7.85. The summed E-state index contributed by atoms with van der Waals surface area (Å²) >= 11 is 0. The monoisotopic (exact) mass is 373 g/mol. The molecule has 1 aromatic rings. The number of benzene rings is 1. The SMILES string of the molecule is CC(C)OCCCNC(=O)CCNS(=O)(=O)c1ccc([N+](=O)[O-])cc1. The lowest BCUT2D eigenvalue weighted by Crippen LogP contribution is -2.31. The third-order valence-electron chi connectivity index (χ3n) is 3.10. The number of nitro groups is 1. The van der Waals surface area contributed by atoms with Gasteiger partial charge in [-0.2, -0.15) is 0 Å². The molecule has 0 fully saturated rings. The first-order chi connectivity index (χ1) is 11.7. The van der Waals surface area contributed by atoms with Crippen molar-refractivity contribution in [3.63, 3.8) is 0 Å². The van der Waals surface area contributed by atoms with Gasteiger partial charge in [-0.25, -0.2) is 13.1 Å². The van der Waals surface area contributed by atoms with Gasteiger partial charge in [0.05, 0.1) is 15.9 Å². The number of ether oxygens (including phenoxy) is 1. The van der Waals surface area contributed by atoms with Crippen molar-refractivity contribution in [1.82, 2.24) is 10.0 Å². The molecule has 0 unspecified atom stereocenters. The molecule has 0 saturated carbocycles. The van der Waals surface area contributed by atoms with Gasteiger partial charge in [0, 0.05) is 38.2 Å². The molecule has 0 atom stereocenters. The number of carbonyl (C=O) groups is 1. The minimum Gasteiger partial charge on any atom is -0.379 e. The number of carbonyl (C=O) groups excluding carboxylic acids is 1. The Morgan fingerprint density at radius 3 is 2.44 bits per heavy atom. The molecule has 0 heterocycles. The Kier molecular flexibility index (Phi) is 8.46. The zero-order valence-corrected chi connectivity index (χ0v) is 15.0. The summed E-state index contributed by atoms with van der Waals surface area (Å²) in [5, 5.41) is 13.2. The van der Waals surface area contributed by atoms with Crippen molar-refractivity contribution in [3.05, 3.63) is 34.4 Å². The third-order valence-corrected chi connectivity index (χ3v) is 4.57. The minimum atomic E-state index is -3.81. The smallest absolute Gasteiger partial charge is 0.269 e. The number of nitro benzene ring substituents is 1. The number of hydrogen-bond acceptors (Lipinski definition) is 6. The van der Waals surface area contributed by atoms with Gasteiger partial charge in [0.15, 0.2) is 0 Å². The quantitative estimate of drug-likeness (QED) is 0.341. The van der Waals surface area contributed by atoms with Crippen LogP contribution in [0.1, 0.15) is 26.7 Å². The molecule has 0 aromatic heterocycles. The molecule has 0 saturated heterocycles. The van der Waals surface area contributed by atoms with E-state index < -0.39 is 14.9 Å². The van der Waals surface area contributed by atoms with E-state index >= 15 is 0 Å². The van der Waals surface area contributed by atoms with Crippen molar-refractivity contribution in [1.29, 1.82) is 0 Å². The second-order valence-electron chi connectivity index (χ2n) is 5.52. The molecular weight excluding hydrogens is 350 g/mol. The number of non-ortho nitro benzene ring substituents is 1. The Morgan fingerprint density at radius 1 is 1.24 bits per heavy atom. The molecule has 0 aliphatic rings. The van der Waals surface area contributed by atoms with E-state index in [-0.39, 0.29) is 35.6 Å². The van der Waals surface area contributed by atoms with Crippen LogP contribution in [0.25, 0.3) is 0 Å². The van der Waals surface area contributed by atoms with Gasteiger partial charge in [0.2, 0.25) is 15.9 Å². The van der Waals surface area contributed by atoms with E-state index in [2.05, 4.69) is 10.0 Å². The Hall–Kier alpha value is -2.04. The van der Waals surface area contributed by atoms with E-state index in [4.69, 9.17) is 4.74 Å². The summed E-state index contributed by atoms with van der Waals surface area (Å²) in [6.07, 6.45) is 0.819. The molecule has 1 aromatic carbocycles. The van der Waals surface area contributed by atoms with Gasteiger partial charge in [0.25, 0.3) is 5.69 Å². The van der Waals surface area contributed by atoms with Crippen molar-refractivity contribution >= 4 is 21.6 Å². The lowest BCUT2D eigenvalue weighted by molar-refractivity contribution is -0.384. The number of amides is 1. The molecular formula is C15H23N3O6S. The summed E-state index contributed by atoms with van der Waals surface area (Å²) in [5.74, 6) is -0.268. The van der Waals surface area contributed by atoms with Crippen LogP contribution in [0, 0.1) is 10.1 Å². The maximum atomic E-state index is 12.0. The highest BCUT2D eigenvalue weighted by Gasteiger charge is 2.15. The summed E-state index contributed by atoms with van der Waals surface area (Å²) in [4.78, 5) is 21.5. The van der Waals surface area contributed by atoms with Gasteiger partial charge >= 0.3 is 0 Å². The molecule has 0 aliphatic carbocycles. The Morgan fingerprint density at radius 2 is 1.88 bits per heavy atom. The standard InChI is InChI=1S/C15H23N3O6S/c1-12(2)24-11-3-9-16-15(19)8-10-17-25(22,23)14-6-4-13(5-7-14)18(20)21/h4-7,12,17H,3,8-11H2,1-2H3,(H,16,19). The van der Waals surface area contributed by atoms with Crippen molar-refractivity contribution in [2.24, 2.45) is 0 Å². The number of hydrogen-bond donors (Lipinski definition) is 2. The lowest BCUT2D eigenvalue weighted by atomic mass is 10.3. The van der Waals surface area contributed by atoms with E-state index in [1.54, 1.807) is 0 Å². The van der Waals surface area contributed by atoms with E-state index in [9.17, 15) is 23.3 Å². The molecule has 10 heteroatoms. The van der Waals surface area contributed by atoms with Crippen LogP contribution in [-0.2, 0) is 19.6 Å². The van der Waals surface area contributed by atoms with Gasteiger partial charge in [-0.3, -0.25) is 14.9 Å². The zero-order valence-electron chi connectivity index (χ0n) is 14.2. The molecule has 0 bridgehead atoms. The fourth-order valence-electron chi connectivity index (χ4n) is 1.84. The Labute approximate surface area is 147 Å². The van der Waals surface area contributed by atoms with Crippen LogP contribution in [-0.4, -0.2) is 45.0 Å². The highest BCUT2D eigenvalue weighted by atomic mass is 32.2. The van der Waals surface area contributed by atoms with Crippen molar-refractivity contribution in [2.75, 3.05) is 19.7 Å². The lowest BCUT2D eigenvalue weighted by Gasteiger charge is -2.09. The molecule has 25 heavy (non-hydrogen) atoms. The van der Waals surface area contributed by atoms with E-state index in [0.29, 0.717) is 19.6 Å². The van der Waals surface area contributed by atoms with E-state index in [0.717, 1.165) is 24.3 Å². The summed E-state index contributed by atoms with van der Waals surface area (Å²) < 4.78 is 31.7. The van der Waals surface area contributed by atoms with Crippen molar-refractivity contribution in [2.45, 2.75) is 37.7 Å². The molecule has 9 nitrogen and oxygen atoms in total. The third kappa shape index (κ3) is 8.05. The molecule has 0 aliphatic heterocycles. The van der Waals surface area contributed by atoms with Gasteiger partial charge in [0.1, 0.15) is 0 Å². The predicted octanol–water partition coefficient (Wildman–Crippen LogP) is 1.19. The van der Waals surface area contributed by atoms with Gasteiger partial charge in [-0.15, -0.1) is 0 Å². The summed E-state index contributed by atoms with van der Waals surface area (Å²) in [7, 11) is -3.81. The average Bonchev–Trinajstić information content (AvgIpc) is 2.54. The number of nitrogens with zero attached hydrogens (tertiary/aromatic N) is 1. The first-order valence-corrected chi connectivity index (χ1v) is 9.33. The maximum Gasteiger partial charge on any atom is 0.269 e. The second kappa shape index (κ2) is 10.1. The summed E-state index contributed by atoms with van der Waals surface area (Å²) in [5.41, 5.74) is -0.195. The topological polar surface area (TPSA) is 128 Å².